The summed E-state index contributed by atoms with van der Waals surface area (Å²) in [7, 11) is 0. The second-order valence-corrected chi connectivity index (χ2v) is 3.66. The third kappa shape index (κ3) is 1.09. The second-order valence-electron chi connectivity index (χ2n) is 2.51. The standard InChI is InChI=1S/C6H11NOS/c1-2-9-4-6-5(7-1)3-8-6/h5-7H,1-4H2. The van der Waals surface area contributed by atoms with Crippen LogP contribution in [-0.4, -0.2) is 36.8 Å². The van der Waals surface area contributed by atoms with Gasteiger partial charge >= 0.3 is 0 Å². The molecule has 0 aromatic carbocycles. The molecule has 2 rings (SSSR count). The van der Waals surface area contributed by atoms with Crippen LogP contribution in [0.3, 0.4) is 0 Å². The molecule has 2 fully saturated rings. The van der Waals surface area contributed by atoms with Gasteiger partial charge in [-0.15, -0.1) is 0 Å². The fraction of sp³-hybridized carbons (Fsp3) is 1.00. The first-order chi connectivity index (χ1) is 4.47. The Labute approximate surface area is 59.3 Å². The number of fused-ring (bicyclic) bond motifs is 1. The average molecular weight is 145 g/mol. The highest BCUT2D eigenvalue weighted by molar-refractivity contribution is 7.99. The molecule has 9 heavy (non-hydrogen) atoms. The first kappa shape index (κ1) is 6.01. The molecule has 0 aromatic heterocycles. The fourth-order valence-electron chi connectivity index (χ4n) is 1.20. The Hall–Kier alpha value is 0.270. The van der Waals surface area contributed by atoms with E-state index in [1.165, 1.54) is 11.5 Å². The van der Waals surface area contributed by atoms with E-state index in [4.69, 9.17) is 4.74 Å². The van der Waals surface area contributed by atoms with Gasteiger partial charge in [-0.1, -0.05) is 0 Å². The lowest BCUT2D eigenvalue weighted by Crippen LogP contribution is -2.54. The molecule has 0 aromatic rings. The number of rotatable bonds is 0. The van der Waals surface area contributed by atoms with Crippen LogP contribution in [0.4, 0.5) is 0 Å². The second kappa shape index (κ2) is 2.48. The van der Waals surface area contributed by atoms with Gasteiger partial charge in [0.25, 0.3) is 0 Å². The van der Waals surface area contributed by atoms with Crippen LogP contribution in [-0.2, 0) is 4.74 Å². The lowest BCUT2D eigenvalue weighted by molar-refractivity contribution is -0.0700. The van der Waals surface area contributed by atoms with Crippen molar-refractivity contribution in [3.05, 3.63) is 0 Å². The Kier molecular flexibility index (Phi) is 1.66. The first-order valence-electron chi connectivity index (χ1n) is 3.39. The Balaban J connectivity index is 1.90. The molecule has 0 amide bonds. The molecule has 0 spiro atoms. The van der Waals surface area contributed by atoms with Crippen molar-refractivity contribution in [2.45, 2.75) is 12.1 Å². The predicted octanol–water partition coefficient (Wildman–Crippen LogP) is 0.0902. The molecular weight excluding hydrogens is 134 g/mol. The van der Waals surface area contributed by atoms with E-state index in [2.05, 4.69) is 5.32 Å². The minimum Gasteiger partial charge on any atom is -0.374 e. The zero-order valence-electron chi connectivity index (χ0n) is 5.30. The molecular formula is C6H11NOS. The topological polar surface area (TPSA) is 21.3 Å². The zero-order chi connectivity index (χ0) is 6.10. The van der Waals surface area contributed by atoms with Crippen molar-refractivity contribution >= 4 is 11.8 Å². The summed E-state index contributed by atoms with van der Waals surface area (Å²) >= 11 is 1.99. The maximum atomic E-state index is 5.33. The molecule has 2 aliphatic heterocycles. The maximum absolute atomic E-state index is 5.33. The van der Waals surface area contributed by atoms with Crippen molar-refractivity contribution in [2.75, 3.05) is 24.7 Å². The van der Waals surface area contributed by atoms with Crippen LogP contribution in [0.1, 0.15) is 0 Å². The highest BCUT2D eigenvalue weighted by Gasteiger charge is 2.32. The van der Waals surface area contributed by atoms with E-state index in [-0.39, 0.29) is 0 Å². The lowest BCUT2D eigenvalue weighted by atomic mass is 10.1. The van der Waals surface area contributed by atoms with Gasteiger partial charge in [0.1, 0.15) is 0 Å². The quantitative estimate of drug-likeness (QED) is 0.522. The fourth-order valence-corrected chi connectivity index (χ4v) is 2.19. The van der Waals surface area contributed by atoms with E-state index in [1.807, 2.05) is 11.8 Å². The third-order valence-corrected chi connectivity index (χ3v) is 2.93. The molecule has 1 N–H and O–H groups in total. The molecule has 2 aliphatic rings. The summed E-state index contributed by atoms with van der Waals surface area (Å²) in [5.41, 5.74) is 0. The predicted molar refractivity (Wildman–Crippen MR) is 38.9 cm³/mol. The first-order valence-corrected chi connectivity index (χ1v) is 4.55. The number of hydrogen-bond donors (Lipinski definition) is 1. The van der Waals surface area contributed by atoms with E-state index in [9.17, 15) is 0 Å². The van der Waals surface area contributed by atoms with Gasteiger partial charge in [-0.05, 0) is 0 Å². The number of thioether (sulfide) groups is 1. The number of nitrogens with one attached hydrogen (secondary N) is 1. The Morgan fingerprint density at radius 3 is 3.33 bits per heavy atom. The van der Waals surface area contributed by atoms with E-state index in [1.54, 1.807) is 0 Å². The van der Waals surface area contributed by atoms with Crippen LogP contribution < -0.4 is 5.32 Å². The van der Waals surface area contributed by atoms with Crippen molar-refractivity contribution < 1.29 is 4.74 Å². The van der Waals surface area contributed by atoms with E-state index >= 15 is 0 Å². The van der Waals surface area contributed by atoms with Gasteiger partial charge in [0.2, 0.25) is 0 Å². The normalized spacial score (nSPS) is 42.7. The van der Waals surface area contributed by atoms with Crippen molar-refractivity contribution in [1.82, 2.24) is 5.32 Å². The lowest BCUT2D eigenvalue weighted by Gasteiger charge is -2.35. The summed E-state index contributed by atoms with van der Waals surface area (Å²) in [4.78, 5) is 0. The zero-order valence-corrected chi connectivity index (χ0v) is 6.12. The van der Waals surface area contributed by atoms with E-state index < -0.39 is 0 Å². The Bertz CT molecular complexity index is 97.2. The molecule has 0 bridgehead atoms. The summed E-state index contributed by atoms with van der Waals surface area (Å²) in [6.45, 7) is 2.10. The molecule has 2 atom stereocenters. The van der Waals surface area contributed by atoms with Gasteiger partial charge in [0.15, 0.2) is 0 Å². The largest absolute Gasteiger partial charge is 0.374 e. The molecule has 2 unspecified atom stereocenters. The van der Waals surface area contributed by atoms with Gasteiger partial charge in [0.05, 0.1) is 18.8 Å². The number of ether oxygens (including phenoxy) is 1. The molecule has 0 saturated carbocycles. The van der Waals surface area contributed by atoms with Gasteiger partial charge in [0, 0.05) is 18.1 Å². The number of hydrogen-bond acceptors (Lipinski definition) is 3. The molecule has 3 heteroatoms. The SMILES string of the molecule is C1CSCC2OCC2N1. The summed E-state index contributed by atoms with van der Waals surface area (Å²) in [5.74, 6) is 2.44. The average Bonchev–Trinajstić information content (AvgIpc) is 1.94. The molecule has 2 nitrogen and oxygen atoms in total. The van der Waals surface area contributed by atoms with Gasteiger partial charge < -0.3 is 10.1 Å². The van der Waals surface area contributed by atoms with Crippen LogP contribution >= 0.6 is 11.8 Å². The van der Waals surface area contributed by atoms with Crippen LogP contribution in [0.2, 0.25) is 0 Å². The Morgan fingerprint density at radius 2 is 2.56 bits per heavy atom. The summed E-state index contributed by atoms with van der Waals surface area (Å²) in [6.07, 6.45) is 0.525. The van der Waals surface area contributed by atoms with Gasteiger partial charge in [-0.2, -0.15) is 11.8 Å². The molecule has 0 aliphatic carbocycles. The summed E-state index contributed by atoms with van der Waals surface area (Å²) in [5, 5.41) is 3.44. The molecule has 2 heterocycles. The van der Waals surface area contributed by atoms with Crippen molar-refractivity contribution in [3.8, 4) is 0 Å². The highest BCUT2D eigenvalue weighted by atomic mass is 32.2. The molecule has 2 saturated heterocycles. The molecule has 0 radical (unpaired) electrons. The monoisotopic (exact) mass is 145 g/mol. The highest BCUT2D eigenvalue weighted by Crippen LogP contribution is 2.20. The minimum absolute atomic E-state index is 0.525. The smallest absolute Gasteiger partial charge is 0.0841 e. The third-order valence-electron chi connectivity index (χ3n) is 1.87. The Morgan fingerprint density at radius 1 is 1.56 bits per heavy atom. The summed E-state index contributed by atoms with van der Waals surface area (Å²) < 4.78 is 5.33. The molecule has 52 valence electrons. The van der Waals surface area contributed by atoms with Crippen molar-refractivity contribution in [1.29, 1.82) is 0 Å². The van der Waals surface area contributed by atoms with E-state index in [0.717, 1.165) is 13.2 Å². The van der Waals surface area contributed by atoms with Crippen LogP contribution in [0.25, 0.3) is 0 Å². The summed E-state index contributed by atoms with van der Waals surface area (Å²) in [6, 6.07) is 0.681. The van der Waals surface area contributed by atoms with Crippen LogP contribution in [0.5, 0.6) is 0 Å². The minimum atomic E-state index is 0.525. The van der Waals surface area contributed by atoms with Crippen LogP contribution in [0.15, 0.2) is 0 Å². The van der Waals surface area contributed by atoms with Gasteiger partial charge in [-0.25, -0.2) is 0 Å². The maximum Gasteiger partial charge on any atom is 0.0841 e. The van der Waals surface area contributed by atoms with Crippen molar-refractivity contribution in [2.24, 2.45) is 0 Å². The van der Waals surface area contributed by atoms with Gasteiger partial charge in [-0.3, -0.25) is 0 Å². The van der Waals surface area contributed by atoms with Crippen molar-refractivity contribution in [3.63, 3.8) is 0 Å². The van der Waals surface area contributed by atoms with E-state index in [0.29, 0.717) is 12.1 Å². The van der Waals surface area contributed by atoms with Crippen LogP contribution in [0, 0.1) is 0 Å².